The monoisotopic (exact) mass is 354 g/mol. The van der Waals surface area contributed by atoms with Gasteiger partial charge in [0.2, 0.25) is 11.5 Å². The molecule has 3 aromatic rings. The first-order valence-electron chi connectivity index (χ1n) is 8.13. The third kappa shape index (κ3) is 2.75. The fourth-order valence-corrected chi connectivity index (χ4v) is 3.21. The number of methoxy groups -OCH3 is 5. The van der Waals surface area contributed by atoms with Crippen molar-refractivity contribution in [3.63, 3.8) is 0 Å². The number of fused-ring (bicyclic) bond motifs is 1. The predicted molar refractivity (Wildman–Crippen MR) is 102 cm³/mol. The van der Waals surface area contributed by atoms with Crippen molar-refractivity contribution in [2.24, 2.45) is 0 Å². The van der Waals surface area contributed by atoms with Crippen molar-refractivity contribution in [2.45, 2.75) is 0 Å². The van der Waals surface area contributed by atoms with Crippen molar-refractivity contribution in [1.82, 2.24) is 0 Å². The lowest BCUT2D eigenvalue weighted by molar-refractivity contribution is 0.309. The van der Waals surface area contributed by atoms with Crippen LogP contribution in [-0.2, 0) is 0 Å². The lowest BCUT2D eigenvalue weighted by Crippen LogP contribution is -2.00. The van der Waals surface area contributed by atoms with Crippen molar-refractivity contribution in [1.29, 1.82) is 0 Å². The Morgan fingerprint density at radius 1 is 0.538 bits per heavy atom. The number of rotatable bonds is 6. The summed E-state index contributed by atoms with van der Waals surface area (Å²) in [6.07, 6.45) is 0. The summed E-state index contributed by atoms with van der Waals surface area (Å²) in [7, 11) is 8.05. The summed E-state index contributed by atoms with van der Waals surface area (Å²) in [6, 6.07) is 13.9. The van der Waals surface area contributed by atoms with Crippen LogP contribution in [0.3, 0.4) is 0 Å². The van der Waals surface area contributed by atoms with Crippen LogP contribution in [0, 0.1) is 0 Å². The molecule has 0 atom stereocenters. The average Bonchev–Trinajstić information content (AvgIpc) is 2.71. The molecule has 5 nitrogen and oxygen atoms in total. The molecule has 136 valence electrons. The van der Waals surface area contributed by atoms with Gasteiger partial charge in [-0.15, -0.1) is 0 Å². The standard InChI is InChI=1S/C21H22O5/c1-22-14-11-9-13(10-12-14)15-7-6-8-16-17(15)19(24-3)21(26-5)20(25-4)18(16)23-2/h6-12H,1-5H3. The summed E-state index contributed by atoms with van der Waals surface area (Å²) >= 11 is 0. The minimum atomic E-state index is 0.500. The molecule has 0 aliphatic carbocycles. The van der Waals surface area contributed by atoms with Gasteiger partial charge in [-0.2, -0.15) is 0 Å². The van der Waals surface area contributed by atoms with Crippen LogP contribution in [0.4, 0.5) is 0 Å². The normalized spacial score (nSPS) is 10.5. The minimum absolute atomic E-state index is 0.500. The first kappa shape index (κ1) is 17.7. The van der Waals surface area contributed by atoms with Crippen LogP contribution in [0.25, 0.3) is 21.9 Å². The van der Waals surface area contributed by atoms with Crippen LogP contribution < -0.4 is 23.7 Å². The van der Waals surface area contributed by atoms with Gasteiger partial charge < -0.3 is 23.7 Å². The molecular weight excluding hydrogens is 332 g/mol. The molecular formula is C21H22O5. The summed E-state index contributed by atoms with van der Waals surface area (Å²) in [5.41, 5.74) is 2.03. The van der Waals surface area contributed by atoms with E-state index in [4.69, 9.17) is 23.7 Å². The fraction of sp³-hybridized carbons (Fsp3) is 0.238. The van der Waals surface area contributed by atoms with Gasteiger partial charge in [0.05, 0.1) is 35.5 Å². The van der Waals surface area contributed by atoms with Crippen LogP contribution in [0.1, 0.15) is 0 Å². The zero-order valence-electron chi connectivity index (χ0n) is 15.6. The van der Waals surface area contributed by atoms with Crippen molar-refractivity contribution in [2.75, 3.05) is 35.5 Å². The number of hydrogen-bond donors (Lipinski definition) is 0. The van der Waals surface area contributed by atoms with Gasteiger partial charge >= 0.3 is 0 Å². The van der Waals surface area contributed by atoms with Gasteiger partial charge in [-0.1, -0.05) is 30.3 Å². The molecule has 0 radical (unpaired) electrons. The van der Waals surface area contributed by atoms with Crippen LogP contribution in [0.15, 0.2) is 42.5 Å². The molecule has 0 heterocycles. The molecule has 0 spiro atoms. The summed E-state index contributed by atoms with van der Waals surface area (Å²) in [5.74, 6) is 3.02. The molecule has 0 fully saturated rings. The van der Waals surface area contributed by atoms with Gasteiger partial charge in [0.25, 0.3) is 0 Å². The molecule has 0 amide bonds. The van der Waals surface area contributed by atoms with E-state index in [-0.39, 0.29) is 0 Å². The SMILES string of the molecule is COc1ccc(-c2cccc3c(OC)c(OC)c(OC)c(OC)c23)cc1. The van der Waals surface area contributed by atoms with E-state index < -0.39 is 0 Å². The maximum Gasteiger partial charge on any atom is 0.207 e. The highest BCUT2D eigenvalue weighted by molar-refractivity contribution is 6.07. The van der Waals surface area contributed by atoms with Crippen molar-refractivity contribution in [3.8, 4) is 39.9 Å². The third-order valence-electron chi connectivity index (χ3n) is 4.37. The highest BCUT2D eigenvalue weighted by Gasteiger charge is 2.24. The smallest absolute Gasteiger partial charge is 0.207 e. The topological polar surface area (TPSA) is 46.2 Å². The van der Waals surface area contributed by atoms with Crippen molar-refractivity contribution >= 4 is 10.8 Å². The molecule has 0 saturated carbocycles. The highest BCUT2D eigenvalue weighted by Crippen LogP contribution is 2.53. The molecule has 0 unspecified atom stereocenters. The summed E-state index contributed by atoms with van der Waals surface area (Å²) in [6.45, 7) is 0. The quantitative estimate of drug-likeness (QED) is 0.650. The van der Waals surface area contributed by atoms with E-state index in [2.05, 4.69) is 0 Å². The Kier molecular flexibility index (Phi) is 5.07. The molecule has 0 bridgehead atoms. The second-order valence-electron chi connectivity index (χ2n) is 5.59. The van der Waals surface area contributed by atoms with Crippen molar-refractivity contribution < 1.29 is 23.7 Å². The van der Waals surface area contributed by atoms with Gasteiger partial charge in [-0.25, -0.2) is 0 Å². The van der Waals surface area contributed by atoms with Crippen LogP contribution in [0.2, 0.25) is 0 Å². The maximum atomic E-state index is 5.71. The van der Waals surface area contributed by atoms with E-state index >= 15 is 0 Å². The van der Waals surface area contributed by atoms with E-state index in [0.717, 1.165) is 27.6 Å². The minimum Gasteiger partial charge on any atom is -0.497 e. The second-order valence-corrected chi connectivity index (χ2v) is 5.59. The molecule has 0 saturated heterocycles. The molecule has 0 N–H and O–H groups in total. The molecule has 0 aliphatic rings. The summed E-state index contributed by atoms with van der Waals surface area (Å²) in [5, 5.41) is 1.78. The number of ether oxygens (including phenoxy) is 5. The van der Waals surface area contributed by atoms with Gasteiger partial charge in [-0.3, -0.25) is 0 Å². The predicted octanol–water partition coefficient (Wildman–Crippen LogP) is 4.55. The molecule has 5 heteroatoms. The Hall–Kier alpha value is -3.08. The zero-order valence-corrected chi connectivity index (χ0v) is 15.6. The van der Waals surface area contributed by atoms with E-state index in [1.807, 2.05) is 42.5 Å². The third-order valence-corrected chi connectivity index (χ3v) is 4.37. The van der Waals surface area contributed by atoms with Crippen LogP contribution in [0.5, 0.6) is 28.7 Å². The number of benzene rings is 3. The first-order valence-corrected chi connectivity index (χ1v) is 8.13. The van der Waals surface area contributed by atoms with Crippen LogP contribution in [-0.4, -0.2) is 35.5 Å². The lowest BCUT2D eigenvalue weighted by Gasteiger charge is -2.20. The molecule has 0 aliphatic heterocycles. The molecule has 3 rings (SSSR count). The highest BCUT2D eigenvalue weighted by atomic mass is 16.5. The Labute approximate surface area is 153 Å². The average molecular weight is 354 g/mol. The van der Waals surface area contributed by atoms with E-state index in [1.165, 1.54) is 0 Å². The molecule has 3 aromatic carbocycles. The van der Waals surface area contributed by atoms with Gasteiger partial charge in [0.15, 0.2) is 11.5 Å². The fourth-order valence-electron chi connectivity index (χ4n) is 3.21. The Morgan fingerprint density at radius 2 is 1.12 bits per heavy atom. The largest absolute Gasteiger partial charge is 0.497 e. The Balaban J connectivity index is 2.41. The van der Waals surface area contributed by atoms with Gasteiger partial charge in [-0.05, 0) is 23.3 Å². The van der Waals surface area contributed by atoms with E-state index in [9.17, 15) is 0 Å². The first-order chi connectivity index (χ1) is 12.7. The van der Waals surface area contributed by atoms with Crippen LogP contribution >= 0.6 is 0 Å². The zero-order chi connectivity index (χ0) is 18.7. The maximum absolute atomic E-state index is 5.71. The Morgan fingerprint density at radius 3 is 1.65 bits per heavy atom. The van der Waals surface area contributed by atoms with Gasteiger partial charge in [0, 0.05) is 10.8 Å². The summed E-state index contributed by atoms with van der Waals surface area (Å²) < 4.78 is 27.7. The Bertz CT molecular complexity index is 916. The lowest BCUT2D eigenvalue weighted by atomic mass is 9.96. The summed E-state index contributed by atoms with van der Waals surface area (Å²) in [4.78, 5) is 0. The van der Waals surface area contributed by atoms with E-state index in [0.29, 0.717) is 23.0 Å². The second kappa shape index (κ2) is 7.44. The molecule has 26 heavy (non-hydrogen) atoms. The van der Waals surface area contributed by atoms with Gasteiger partial charge in [0.1, 0.15) is 5.75 Å². The van der Waals surface area contributed by atoms with E-state index in [1.54, 1.807) is 35.5 Å². The molecule has 0 aromatic heterocycles. The van der Waals surface area contributed by atoms with Crippen molar-refractivity contribution in [3.05, 3.63) is 42.5 Å². The number of hydrogen-bond acceptors (Lipinski definition) is 5.